The summed E-state index contributed by atoms with van der Waals surface area (Å²) in [6.07, 6.45) is 0. The Hall–Kier alpha value is -1.84. The number of carbonyl (C=O) groups excluding carboxylic acids is 1. The molecule has 2 N–H and O–H groups in total. The highest BCUT2D eigenvalue weighted by Gasteiger charge is 2.14. The van der Waals surface area contributed by atoms with Gasteiger partial charge in [-0.15, -0.1) is 0 Å². The second kappa shape index (κ2) is 4.99. The number of benzene rings is 1. The van der Waals surface area contributed by atoms with Gasteiger partial charge in [0.1, 0.15) is 6.54 Å². The van der Waals surface area contributed by atoms with Crippen LogP contribution in [0, 0.1) is 0 Å². The van der Waals surface area contributed by atoms with Gasteiger partial charge < -0.3 is 10.4 Å². The second-order valence-corrected chi connectivity index (χ2v) is 4.90. The molecule has 4 nitrogen and oxygen atoms in total. The van der Waals surface area contributed by atoms with Crippen LogP contribution in [0.3, 0.4) is 0 Å². The first kappa shape index (κ1) is 13.2. The maximum absolute atomic E-state index is 11.5. The number of carboxylic acids is 1. The lowest BCUT2D eigenvalue weighted by atomic mass is 9.87. The molecule has 0 aliphatic rings. The normalized spacial score (nSPS) is 11.0. The molecule has 1 amide bonds. The average Bonchev–Trinajstić information content (AvgIpc) is 2.25. The summed E-state index contributed by atoms with van der Waals surface area (Å²) in [5, 5.41) is 10.8. The van der Waals surface area contributed by atoms with Crippen molar-refractivity contribution in [3.8, 4) is 0 Å². The fourth-order valence-corrected chi connectivity index (χ4v) is 1.38. The van der Waals surface area contributed by atoms with E-state index in [1.807, 2.05) is 12.1 Å². The molecule has 1 rings (SSSR count). The first-order valence-electron chi connectivity index (χ1n) is 5.41. The number of hydrogen-bond acceptors (Lipinski definition) is 2. The highest BCUT2D eigenvalue weighted by atomic mass is 16.4. The molecule has 0 bridgehead atoms. The van der Waals surface area contributed by atoms with E-state index in [0.29, 0.717) is 5.56 Å². The number of rotatable bonds is 3. The lowest BCUT2D eigenvalue weighted by Crippen LogP contribution is -2.29. The predicted octanol–water partition coefficient (Wildman–Crippen LogP) is 1.80. The van der Waals surface area contributed by atoms with Crippen molar-refractivity contribution in [3.05, 3.63) is 35.4 Å². The Morgan fingerprint density at radius 3 is 2.12 bits per heavy atom. The summed E-state index contributed by atoms with van der Waals surface area (Å²) in [5.74, 6) is -1.42. The van der Waals surface area contributed by atoms with E-state index < -0.39 is 5.97 Å². The largest absolute Gasteiger partial charge is 0.480 e. The molecule has 0 radical (unpaired) electrons. The van der Waals surface area contributed by atoms with Crippen LogP contribution in [0.5, 0.6) is 0 Å². The van der Waals surface area contributed by atoms with Gasteiger partial charge in [0, 0.05) is 5.56 Å². The molecule has 0 aliphatic carbocycles. The zero-order chi connectivity index (χ0) is 13.1. The summed E-state index contributed by atoms with van der Waals surface area (Å²) in [7, 11) is 0. The van der Waals surface area contributed by atoms with Gasteiger partial charge in [-0.05, 0) is 23.1 Å². The Morgan fingerprint density at radius 1 is 1.18 bits per heavy atom. The first-order chi connectivity index (χ1) is 7.80. The van der Waals surface area contributed by atoms with E-state index in [1.54, 1.807) is 12.1 Å². The summed E-state index contributed by atoms with van der Waals surface area (Å²) < 4.78 is 0. The molecule has 4 heteroatoms. The molecule has 1 aromatic rings. The van der Waals surface area contributed by atoms with E-state index in [-0.39, 0.29) is 17.9 Å². The molecule has 1 aromatic carbocycles. The van der Waals surface area contributed by atoms with E-state index in [2.05, 4.69) is 26.1 Å². The molecule has 0 heterocycles. The van der Waals surface area contributed by atoms with Crippen LogP contribution in [0.15, 0.2) is 24.3 Å². The molecule has 0 saturated heterocycles. The Morgan fingerprint density at radius 2 is 1.71 bits per heavy atom. The summed E-state index contributed by atoms with van der Waals surface area (Å²) in [5.41, 5.74) is 1.64. The highest BCUT2D eigenvalue weighted by molar-refractivity contribution is 5.95. The highest BCUT2D eigenvalue weighted by Crippen LogP contribution is 2.22. The van der Waals surface area contributed by atoms with Crippen molar-refractivity contribution in [3.63, 3.8) is 0 Å². The molecule has 0 aliphatic heterocycles. The molecular weight excluding hydrogens is 218 g/mol. The van der Waals surface area contributed by atoms with E-state index in [1.165, 1.54) is 0 Å². The van der Waals surface area contributed by atoms with Crippen LogP contribution in [-0.4, -0.2) is 23.5 Å². The van der Waals surface area contributed by atoms with Gasteiger partial charge in [-0.25, -0.2) is 0 Å². The summed E-state index contributed by atoms with van der Waals surface area (Å²) in [6, 6.07) is 7.18. The maximum atomic E-state index is 11.5. The zero-order valence-electron chi connectivity index (χ0n) is 10.3. The van der Waals surface area contributed by atoms with Gasteiger partial charge in [0.15, 0.2) is 0 Å². The first-order valence-corrected chi connectivity index (χ1v) is 5.41. The molecule has 92 valence electrons. The van der Waals surface area contributed by atoms with E-state index in [9.17, 15) is 9.59 Å². The Bertz CT molecular complexity index is 415. The van der Waals surface area contributed by atoms with Crippen LogP contribution >= 0.6 is 0 Å². The molecule has 17 heavy (non-hydrogen) atoms. The monoisotopic (exact) mass is 235 g/mol. The number of carboxylic acid groups (broad SMARTS) is 1. The van der Waals surface area contributed by atoms with Gasteiger partial charge in [0.05, 0.1) is 0 Å². The number of nitrogens with one attached hydrogen (secondary N) is 1. The zero-order valence-corrected chi connectivity index (χ0v) is 10.3. The quantitative estimate of drug-likeness (QED) is 0.839. The van der Waals surface area contributed by atoms with E-state index in [4.69, 9.17) is 5.11 Å². The van der Waals surface area contributed by atoms with Gasteiger partial charge in [-0.1, -0.05) is 32.9 Å². The smallest absolute Gasteiger partial charge is 0.322 e. The van der Waals surface area contributed by atoms with Crippen LogP contribution in [-0.2, 0) is 10.2 Å². The van der Waals surface area contributed by atoms with Crippen molar-refractivity contribution in [2.24, 2.45) is 0 Å². The third-order valence-electron chi connectivity index (χ3n) is 2.41. The molecule has 0 atom stereocenters. The maximum Gasteiger partial charge on any atom is 0.322 e. The van der Waals surface area contributed by atoms with Crippen molar-refractivity contribution in [1.29, 1.82) is 0 Å². The van der Waals surface area contributed by atoms with Crippen LogP contribution in [0.2, 0.25) is 0 Å². The third kappa shape index (κ3) is 3.90. The topological polar surface area (TPSA) is 66.4 Å². The van der Waals surface area contributed by atoms with Crippen molar-refractivity contribution in [2.45, 2.75) is 26.2 Å². The fraction of sp³-hybridized carbons (Fsp3) is 0.385. The van der Waals surface area contributed by atoms with Gasteiger partial charge in [0.2, 0.25) is 0 Å². The summed E-state index contributed by atoms with van der Waals surface area (Å²) in [6.45, 7) is 5.91. The van der Waals surface area contributed by atoms with Gasteiger partial charge >= 0.3 is 5.97 Å². The van der Waals surface area contributed by atoms with Crippen LogP contribution in [0.1, 0.15) is 36.7 Å². The molecule has 0 aromatic heterocycles. The number of hydrogen-bond donors (Lipinski definition) is 2. The average molecular weight is 235 g/mol. The molecule has 0 spiro atoms. The SMILES string of the molecule is CC(C)(C)c1ccc(C(=O)NCC(=O)O)cc1. The van der Waals surface area contributed by atoms with Gasteiger partial charge in [0.25, 0.3) is 5.91 Å². The van der Waals surface area contributed by atoms with E-state index in [0.717, 1.165) is 5.56 Å². The van der Waals surface area contributed by atoms with Crippen molar-refractivity contribution < 1.29 is 14.7 Å². The Balaban J connectivity index is 2.74. The lowest BCUT2D eigenvalue weighted by Gasteiger charge is -2.18. The Labute approximate surface area is 101 Å². The standard InChI is InChI=1S/C13H17NO3/c1-13(2,3)10-6-4-9(5-7-10)12(17)14-8-11(15)16/h4-7H,8H2,1-3H3,(H,14,17)(H,15,16). The lowest BCUT2D eigenvalue weighted by molar-refractivity contribution is -0.135. The minimum absolute atomic E-state index is 0.0378. The fourth-order valence-electron chi connectivity index (χ4n) is 1.38. The second-order valence-electron chi connectivity index (χ2n) is 4.90. The predicted molar refractivity (Wildman–Crippen MR) is 65.1 cm³/mol. The third-order valence-corrected chi connectivity index (χ3v) is 2.41. The van der Waals surface area contributed by atoms with E-state index >= 15 is 0 Å². The van der Waals surface area contributed by atoms with Gasteiger partial charge in [-0.2, -0.15) is 0 Å². The summed E-state index contributed by atoms with van der Waals surface area (Å²) in [4.78, 5) is 21.8. The number of aliphatic carboxylic acids is 1. The minimum Gasteiger partial charge on any atom is -0.480 e. The van der Waals surface area contributed by atoms with Crippen LogP contribution < -0.4 is 5.32 Å². The van der Waals surface area contributed by atoms with Crippen LogP contribution in [0.4, 0.5) is 0 Å². The molecule has 0 unspecified atom stereocenters. The van der Waals surface area contributed by atoms with Crippen molar-refractivity contribution in [2.75, 3.05) is 6.54 Å². The van der Waals surface area contributed by atoms with Gasteiger partial charge in [-0.3, -0.25) is 9.59 Å². The van der Waals surface area contributed by atoms with Crippen molar-refractivity contribution >= 4 is 11.9 Å². The number of amides is 1. The summed E-state index contributed by atoms with van der Waals surface area (Å²) >= 11 is 0. The molecular formula is C13H17NO3. The molecule has 0 saturated carbocycles. The minimum atomic E-state index is -1.05. The Kier molecular flexibility index (Phi) is 3.89. The molecule has 0 fully saturated rings. The van der Waals surface area contributed by atoms with Crippen LogP contribution in [0.25, 0.3) is 0 Å². The van der Waals surface area contributed by atoms with Crippen molar-refractivity contribution in [1.82, 2.24) is 5.32 Å². The number of carbonyl (C=O) groups is 2.